The average Bonchev–Trinajstić information content (AvgIpc) is 2.67. The van der Waals surface area contributed by atoms with Crippen molar-refractivity contribution in [3.63, 3.8) is 0 Å². The van der Waals surface area contributed by atoms with Crippen molar-refractivity contribution in [1.29, 1.82) is 0 Å². The van der Waals surface area contributed by atoms with Crippen LogP contribution in [0.15, 0.2) is 34.7 Å². The van der Waals surface area contributed by atoms with Gasteiger partial charge in [-0.2, -0.15) is 0 Å². The van der Waals surface area contributed by atoms with E-state index in [4.69, 9.17) is 10.2 Å². The molecule has 0 fully saturated rings. The van der Waals surface area contributed by atoms with Crippen molar-refractivity contribution in [3.8, 4) is 11.5 Å². The minimum absolute atomic E-state index is 0.0956. The second-order valence-electron chi connectivity index (χ2n) is 2.77. The third-order valence-corrected chi connectivity index (χ3v) is 1.78. The van der Waals surface area contributed by atoms with Crippen molar-refractivity contribution in [2.24, 2.45) is 5.73 Å². The lowest BCUT2D eigenvalue weighted by Crippen LogP contribution is -2.18. The van der Waals surface area contributed by atoms with Gasteiger partial charge >= 0.3 is 6.01 Å². The Kier molecular flexibility index (Phi) is 2.59. The zero-order chi connectivity index (χ0) is 10.7. The molecular formula is C9H8N4OS. The standard InChI is InChI=1S/C9H8N4OS/c10-8(15)11-9-13-12-7(14-9)6-4-2-1-3-5-6/h1-5H,(H3,10,11,13,15). The Hall–Kier alpha value is -1.95. The maximum atomic E-state index is 5.28. The van der Waals surface area contributed by atoms with Crippen LogP contribution >= 0.6 is 12.2 Å². The van der Waals surface area contributed by atoms with Gasteiger partial charge in [0.15, 0.2) is 5.11 Å². The van der Waals surface area contributed by atoms with Crippen LogP contribution in [0.5, 0.6) is 0 Å². The predicted octanol–water partition coefficient (Wildman–Crippen LogP) is 1.39. The smallest absolute Gasteiger partial charge is 0.322 e. The van der Waals surface area contributed by atoms with E-state index in [1.54, 1.807) is 0 Å². The minimum Gasteiger partial charge on any atom is -0.403 e. The topological polar surface area (TPSA) is 77.0 Å². The Labute approximate surface area is 91.3 Å². The highest BCUT2D eigenvalue weighted by Crippen LogP contribution is 2.18. The Morgan fingerprint density at radius 3 is 2.67 bits per heavy atom. The molecule has 2 rings (SSSR count). The molecule has 2 aromatic rings. The normalized spacial score (nSPS) is 9.87. The molecule has 0 aliphatic carbocycles. The molecule has 76 valence electrons. The molecule has 0 saturated heterocycles. The first-order chi connectivity index (χ1) is 7.25. The van der Waals surface area contributed by atoms with E-state index in [1.807, 2.05) is 30.3 Å². The van der Waals surface area contributed by atoms with Crippen LogP contribution in [0.1, 0.15) is 0 Å². The summed E-state index contributed by atoms with van der Waals surface area (Å²) in [6.07, 6.45) is 0. The fourth-order valence-corrected chi connectivity index (χ4v) is 1.16. The van der Waals surface area contributed by atoms with Gasteiger partial charge < -0.3 is 10.2 Å². The van der Waals surface area contributed by atoms with Crippen LogP contribution in [-0.2, 0) is 0 Å². The first-order valence-electron chi connectivity index (χ1n) is 4.21. The summed E-state index contributed by atoms with van der Waals surface area (Å²) in [5, 5.41) is 10.2. The fraction of sp³-hybridized carbons (Fsp3) is 0. The second-order valence-corrected chi connectivity index (χ2v) is 3.21. The van der Waals surface area contributed by atoms with Crippen LogP contribution in [0.2, 0.25) is 0 Å². The van der Waals surface area contributed by atoms with E-state index in [1.165, 1.54) is 0 Å². The lowest BCUT2D eigenvalue weighted by molar-refractivity contribution is 0.589. The lowest BCUT2D eigenvalue weighted by atomic mass is 10.2. The SMILES string of the molecule is NC(=S)Nc1nnc(-c2ccccc2)o1. The number of anilines is 1. The first kappa shape index (κ1) is 9.60. The van der Waals surface area contributed by atoms with Gasteiger partial charge in [-0.05, 0) is 24.4 Å². The van der Waals surface area contributed by atoms with E-state index >= 15 is 0 Å². The molecule has 3 N–H and O–H groups in total. The number of nitrogens with zero attached hydrogens (tertiary/aromatic N) is 2. The summed E-state index contributed by atoms with van der Waals surface area (Å²) >= 11 is 4.64. The third-order valence-electron chi connectivity index (χ3n) is 1.68. The van der Waals surface area contributed by atoms with Gasteiger partial charge in [0, 0.05) is 5.56 Å². The van der Waals surface area contributed by atoms with Gasteiger partial charge in [0.1, 0.15) is 0 Å². The molecule has 6 heteroatoms. The predicted molar refractivity (Wildman–Crippen MR) is 60.1 cm³/mol. The highest BCUT2D eigenvalue weighted by molar-refractivity contribution is 7.80. The molecule has 0 radical (unpaired) electrons. The molecular weight excluding hydrogens is 212 g/mol. The summed E-state index contributed by atoms with van der Waals surface area (Å²) in [7, 11) is 0. The number of aromatic nitrogens is 2. The molecule has 0 saturated carbocycles. The molecule has 0 aliphatic heterocycles. The quantitative estimate of drug-likeness (QED) is 0.745. The van der Waals surface area contributed by atoms with Crippen LogP contribution in [0, 0.1) is 0 Å². The van der Waals surface area contributed by atoms with Crippen molar-refractivity contribution in [2.45, 2.75) is 0 Å². The summed E-state index contributed by atoms with van der Waals surface area (Å²) in [4.78, 5) is 0. The Morgan fingerprint density at radius 1 is 1.27 bits per heavy atom. The summed E-state index contributed by atoms with van der Waals surface area (Å²) in [6.45, 7) is 0. The second kappa shape index (κ2) is 4.05. The fourth-order valence-electron chi connectivity index (χ4n) is 1.08. The van der Waals surface area contributed by atoms with Gasteiger partial charge in [-0.1, -0.05) is 23.3 Å². The Morgan fingerprint density at radius 2 is 2.00 bits per heavy atom. The monoisotopic (exact) mass is 220 g/mol. The highest BCUT2D eigenvalue weighted by atomic mass is 32.1. The number of benzene rings is 1. The molecule has 1 aromatic carbocycles. The molecule has 0 aliphatic rings. The summed E-state index contributed by atoms with van der Waals surface area (Å²) in [6, 6.07) is 9.63. The molecule has 1 heterocycles. The largest absolute Gasteiger partial charge is 0.403 e. The Balaban J connectivity index is 2.24. The number of hydrogen-bond acceptors (Lipinski definition) is 4. The maximum Gasteiger partial charge on any atom is 0.322 e. The highest BCUT2D eigenvalue weighted by Gasteiger charge is 2.07. The number of hydrogen-bond donors (Lipinski definition) is 2. The Bertz CT molecular complexity index is 468. The van der Waals surface area contributed by atoms with E-state index in [0.29, 0.717) is 5.89 Å². The van der Waals surface area contributed by atoms with Crippen molar-refractivity contribution >= 4 is 23.3 Å². The number of thiocarbonyl (C=S) groups is 1. The van der Waals surface area contributed by atoms with Gasteiger partial charge in [0.25, 0.3) is 0 Å². The zero-order valence-corrected chi connectivity index (χ0v) is 8.49. The van der Waals surface area contributed by atoms with Crippen molar-refractivity contribution in [1.82, 2.24) is 10.2 Å². The minimum atomic E-state index is 0.0956. The number of nitrogens with two attached hydrogens (primary N) is 1. The van der Waals surface area contributed by atoms with Crippen molar-refractivity contribution < 1.29 is 4.42 Å². The van der Waals surface area contributed by atoms with Gasteiger partial charge in [-0.3, -0.25) is 5.32 Å². The van der Waals surface area contributed by atoms with Crippen molar-refractivity contribution in [2.75, 3.05) is 5.32 Å². The van der Waals surface area contributed by atoms with Crippen LogP contribution in [0.3, 0.4) is 0 Å². The van der Waals surface area contributed by atoms with E-state index in [0.717, 1.165) is 5.56 Å². The van der Waals surface area contributed by atoms with Crippen LogP contribution in [0.25, 0.3) is 11.5 Å². The van der Waals surface area contributed by atoms with E-state index in [2.05, 4.69) is 27.7 Å². The molecule has 0 bridgehead atoms. The van der Waals surface area contributed by atoms with Crippen LogP contribution in [-0.4, -0.2) is 15.3 Å². The average molecular weight is 220 g/mol. The van der Waals surface area contributed by atoms with Gasteiger partial charge in [0.2, 0.25) is 5.89 Å². The van der Waals surface area contributed by atoms with Crippen molar-refractivity contribution in [3.05, 3.63) is 30.3 Å². The van der Waals surface area contributed by atoms with Crippen LogP contribution < -0.4 is 11.1 Å². The maximum absolute atomic E-state index is 5.28. The molecule has 1 aromatic heterocycles. The van der Waals surface area contributed by atoms with E-state index in [9.17, 15) is 0 Å². The van der Waals surface area contributed by atoms with Gasteiger partial charge in [-0.15, -0.1) is 5.10 Å². The van der Waals surface area contributed by atoms with Crippen LogP contribution in [0.4, 0.5) is 6.01 Å². The first-order valence-corrected chi connectivity index (χ1v) is 4.62. The summed E-state index contributed by atoms with van der Waals surface area (Å²) in [5.41, 5.74) is 6.11. The number of nitrogens with one attached hydrogen (secondary N) is 1. The molecule has 0 amide bonds. The molecule has 15 heavy (non-hydrogen) atoms. The zero-order valence-electron chi connectivity index (χ0n) is 7.68. The third kappa shape index (κ3) is 2.29. The number of rotatable bonds is 2. The summed E-state index contributed by atoms with van der Waals surface area (Å²) < 4.78 is 5.28. The van der Waals surface area contributed by atoms with Gasteiger partial charge in [-0.25, -0.2) is 0 Å². The van der Waals surface area contributed by atoms with E-state index in [-0.39, 0.29) is 11.1 Å². The molecule has 0 atom stereocenters. The lowest BCUT2D eigenvalue weighted by Gasteiger charge is -1.94. The van der Waals surface area contributed by atoms with E-state index < -0.39 is 0 Å². The van der Waals surface area contributed by atoms with Gasteiger partial charge in [0.05, 0.1) is 0 Å². The summed E-state index contributed by atoms with van der Waals surface area (Å²) in [5.74, 6) is 0.425. The molecule has 5 nitrogen and oxygen atoms in total. The molecule has 0 unspecified atom stereocenters. The molecule has 0 spiro atoms.